The first kappa shape index (κ1) is 14.2. The number of hydrogen-bond donors (Lipinski definition) is 2. The fraction of sp³-hybridized carbons (Fsp3) is 0.357. The summed E-state index contributed by atoms with van der Waals surface area (Å²) in [7, 11) is 0. The highest BCUT2D eigenvalue weighted by molar-refractivity contribution is 5.74. The summed E-state index contributed by atoms with van der Waals surface area (Å²) in [4.78, 5) is 10.5. The molecule has 4 nitrogen and oxygen atoms in total. The summed E-state index contributed by atoms with van der Waals surface area (Å²) in [5, 5.41) is 0. The van der Waals surface area contributed by atoms with E-state index in [1.165, 1.54) is 0 Å². The Morgan fingerprint density at radius 1 is 1.28 bits per heavy atom. The molecule has 1 rings (SSSR count). The molecule has 0 spiro atoms. The van der Waals surface area contributed by atoms with E-state index in [9.17, 15) is 4.79 Å². The highest BCUT2D eigenvalue weighted by Crippen LogP contribution is 2.13. The molecule has 0 amide bonds. The number of hydrogen-bond acceptors (Lipinski definition) is 4. The van der Waals surface area contributed by atoms with Crippen molar-refractivity contribution in [3.8, 4) is 18.1 Å². The summed E-state index contributed by atoms with van der Waals surface area (Å²) in [5.74, 6) is 3.20. The summed E-state index contributed by atoms with van der Waals surface area (Å²) in [6, 6.07) is 6.86. The molecule has 4 heteroatoms. The molecule has 18 heavy (non-hydrogen) atoms. The molecular weight excluding hydrogens is 228 g/mol. The van der Waals surface area contributed by atoms with Crippen LogP contribution in [0.1, 0.15) is 29.6 Å². The number of terminal acetylenes is 1. The highest BCUT2D eigenvalue weighted by Gasteiger charge is 2.17. The van der Waals surface area contributed by atoms with E-state index in [2.05, 4.69) is 5.92 Å². The van der Waals surface area contributed by atoms with Crippen LogP contribution in [0.25, 0.3) is 0 Å². The van der Waals surface area contributed by atoms with Gasteiger partial charge in [-0.05, 0) is 30.7 Å². The van der Waals surface area contributed by atoms with E-state index in [4.69, 9.17) is 22.6 Å². The standard InChI is InChI=1S/C14H18N2O2/c1-2-3-8-14(15,16)9-10-18-13-6-4-12(11-17)5-7-13/h1,4-7,11H,3,8-10,15-16H2. The van der Waals surface area contributed by atoms with Gasteiger partial charge in [-0.2, -0.15) is 0 Å². The zero-order valence-corrected chi connectivity index (χ0v) is 10.3. The summed E-state index contributed by atoms with van der Waals surface area (Å²) < 4.78 is 5.49. The number of carbonyl (C=O) groups is 1. The predicted molar refractivity (Wildman–Crippen MR) is 71.1 cm³/mol. The van der Waals surface area contributed by atoms with Crippen LogP contribution in [-0.2, 0) is 0 Å². The topological polar surface area (TPSA) is 78.3 Å². The first-order valence-corrected chi connectivity index (χ1v) is 5.77. The number of aldehydes is 1. The molecule has 4 N–H and O–H groups in total. The van der Waals surface area contributed by atoms with E-state index in [1.807, 2.05) is 0 Å². The quantitative estimate of drug-likeness (QED) is 0.432. The molecule has 1 aromatic rings. The molecule has 0 aromatic heterocycles. The van der Waals surface area contributed by atoms with Crippen LogP contribution in [0.5, 0.6) is 5.75 Å². The Labute approximate surface area is 107 Å². The van der Waals surface area contributed by atoms with Gasteiger partial charge in [0.05, 0.1) is 12.3 Å². The van der Waals surface area contributed by atoms with Crippen molar-refractivity contribution in [2.24, 2.45) is 11.5 Å². The van der Waals surface area contributed by atoms with Crippen molar-refractivity contribution in [1.82, 2.24) is 0 Å². The Morgan fingerprint density at radius 2 is 1.94 bits per heavy atom. The molecule has 0 heterocycles. The molecule has 0 unspecified atom stereocenters. The predicted octanol–water partition coefficient (Wildman–Crippen LogP) is 1.30. The van der Waals surface area contributed by atoms with E-state index >= 15 is 0 Å². The van der Waals surface area contributed by atoms with Gasteiger partial charge in [0.15, 0.2) is 0 Å². The van der Waals surface area contributed by atoms with Crippen molar-refractivity contribution >= 4 is 6.29 Å². The largest absolute Gasteiger partial charge is 0.493 e. The van der Waals surface area contributed by atoms with Crippen molar-refractivity contribution < 1.29 is 9.53 Å². The molecular formula is C14H18N2O2. The number of rotatable bonds is 7. The van der Waals surface area contributed by atoms with E-state index in [1.54, 1.807) is 24.3 Å². The van der Waals surface area contributed by atoms with Crippen LogP contribution >= 0.6 is 0 Å². The minimum Gasteiger partial charge on any atom is -0.493 e. The van der Waals surface area contributed by atoms with E-state index < -0.39 is 5.66 Å². The molecule has 1 aromatic carbocycles. The van der Waals surface area contributed by atoms with Gasteiger partial charge in [-0.3, -0.25) is 4.79 Å². The van der Waals surface area contributed by atoms with Crippen LogP contribution in [0.15, 0.2) is 24.3 Å². The molecule has 0 saturated carbocycles. The second kappa shape index (κ2) is 6.80. The zero-order chi connectivity index (χ0) is 13.4. The van der Waals surface area contributed by atoms with Gasteiger partial charge < -0.3 is 16.2 Å². The maximum Gasteiger partial charge on any atom is 0.150 e. The van der Waals surface area contributed by atoms with E-state index in [0.717, 1.165) is 6.29 Å². The second-order valence-corrected chi connectivity index (χ2v) is 4.22. The maximum atomic E-state index is 10.5. The first-order chi connectivity index (χ1) is 8.57. The third-order valence-corrected chi connectivity index (χ3v) is 2.59. The average molecular weight is 246 g/mol. The average Bonchev–Trinajstić information content (AvgIpc) is 2.37. The van der Waals surface area contributed by atoms with Crippen molar-refractivity contribution in [2.75, 3.05) is 6.61 Å². The van der Waals surface area contributed by atoms with Gasteiger partial charge >= 0.3 is 0 Å². The normalized spacial score (nSPS) is 10.7. The lowest BCUT2D eigenvalue weighted by Gasteiger charge is -2.23. The molecule has 0 aliphatic carbocycles. The third kappa shape index (κ3) is 5.00. The number of nitrogens with two attached hydrogens (primary N) is 2. The Bertz CT molecular complexity index is 418. The molecule has 0 fully saturated rings. The molecule has 0 saturated heterocycles. The number of benzene rings is 1. The highest BCUT2D eigenvalue weighted by atomic mass is 16.5. The fourth-order valence-electron chi connectivity index (χ4n) is 1.43. The second-order valence-electron chi connectivity index (χ2n) is 4.22. The molecule has 0 atom stereocenters. The molecule has 0 radical (unpaired) electrons. The molecule has 0 aliphatic heterocycles. The lowest BCUT2D eigenvalue weighted by atomic mass is 10.0. The van der Waals surface area contributed by atoms with Crippen molar-refractivity contribution in [3.05, 3.63) is 29.8 Å². The molecule has 96 valence electrons. The monoisotopic (exact) mass is 246 g/mol. The van der Waals surface area contributed by atoms with Crippen LogP contribution in [0, 0.1) is 12.3 Å². The van der Waals surface area contributed by atoms with Crippen LogP contribution in [0.3, 0.4) is 0 Å². The van der Waals surface area contributed by atoms with Gasteiger partial charge in [0.2, 0.25) is 0 Å². The molecule has 0 aliphatic rings. The van der Waals surface area contributed by atoms with Gasteiger partial charge in [0, 0.05) is 18.4 Å². The van der Waals surface area contributed by atoms with Gasteiger partial charge in [-0.15, -0.1) is 12.3 Å². The van der Waals surface area contributed by atoms with Crippen molar-refractivity contribution in [2.45, 2.75) is 24.9 Å². The van der Waals surface area contributed by atoms with Crippen molar-refractivity contribution in [3.63, 3.8) is 0 Å². The number of ether oxygens (including phenoxy) is 1. The van der Waals surface area contributed by atoms with Crippen LogP contribution in [-0.4, -0.2) is 18.6 Å². The summed E-state index contributed by atoms with van der Waals surface area (Å²) in [5.41, 5.74) is 11.6. The summed E-state index contributed by atoms with van der Waals surface area (Å²) >= 11 is 0. The maximum absolute atomic E-state index is 10.5. The summed E-state index contributed by atoms with van der Waals surface area (Å²) in [6.45, 7) is 0.415. The SMILES string of the molecule is C#CCCC(N)(N)CCOc1ccc(C=O)cc1. The third-order valence-electron chi connectivity index (χ3n) is 2.59. The molecule has 0 bridgehead atoms. The fourth-order valence-corrected chi connectivity index (χ4v) is 1.43. The number of carbonyl (C=O) groups excluding carboxylic acids is 1. The Balaban J connectivity index is 2.36. The Morgan fingerprint density at radius 3 is 2.50 bits per heavy atom. The lowest BCUT2D eigenvalue weighted by Crippen LogP contribution is -2.50. The zero-order valence-electron chi connectivity index (χ0n) is 10.3. The smallest absolute Gasteiger partial charge is 0.150 e. The minimum absolute atomic E-state index is 0.415. The van der Waals surface area contributed by atoms with Gasteiger partial charge in [0.1, 0.15) is 12.0 Å². The lowest BCUT2D eigenvalue weighted by molar-refractivity contribution is 0.112. The first-order valence-electron chi connectivity index (χ1n) is 5.77. The van der Waals surface area contributed by atoms with Crippen molar-refractivity contribution in [1.29, 1.82) is 0 Å². The van der Waals surface area contributed by atoms with Crippen LogP contribution in [0.2, 0.25) is 0 Å². The minimum atomic E-state index is -0.797. The van der Waals surface area contributed by atoms with Gasteiger partial charge in [-0.25, -0.2) is 0 Å². The van der Waals surface area contributed by atoms with E-state index in [0.29, 0.717) is 37.2 Å². The summed E-state index contributed by atoms with van der Waals surface area (Å²) in [6.07, 6.45) is 7.59. The Hall–Kier alpha value is -1.83. The van der Waals surface area contributed by atoms with Crippen LogP contribution in [0.4, 0.5) is 0 Å². The Kier molecular flexibility index (Phi) is 5.37. The van der Waals surface area contributed by atoms with Crippen LogP contribution < -0.4 is 16.2 Å². The van der Waals surface area contributed by atoms with Gasteiger partial charge in [0.25, 0.3) is 0 Å². The van der Waals surface area contributed by atoms with Gasteiger partial charge in [-0.1, -0.05) is 0 Å². The van der Waals surface area contributed by atoms with E-state index in [-0.39, 0.29) is 0 Å².